The van der Waals surface area contributed by atoms with E-state index in [-0.39, 0.29) is 6.61 Å². The second-order valence-electron chi connectivity index (χ2n) is 6.66. The molecule has 2 N–H and O–H groups in total. The number of rotatable bonds is 7. The van der Waals surface area contributed by atoms with E-state index in [0.717, 1.165) is 35.6 Å². The van der Waals surface area contributed by atoms with Crippen molar-refractivity contribution in [2.24, 2.45) is 0 Å². The highest BCUT2D eigenvalue weighted by Gasteiger charge is 2.13. The number of aryl methyl sites for hydroxylation is 2. The number of aliphatic hydroxyl groups excluding tert-OH is 1. The van der Waals surface area contributed by atoms with Gasteiger partial charge in [-0.1, -0.05) is 13.8 Å². The van der Waals surface area contributed by atoms with Crippen molar-refractivity contribution in [1.82, 2.24) is 24.7 Å². The van der Waals surface area contributed by atoms with Crippen LogP contribution in [0.3, 0.4) is 0 Å². The molecule has 0 aromatic carbocycles. The molecule has 0 aliphatic heterocycles. The van der Waals surface area contributed by atoms with Crippen LogP contribution in [-0.2, 0) is 6.61 Å². The summed E-state index contributed by atoms with van der Waals surface area (Å²) >= 11 is 0. The molecular weight excluding hydrogens is 340 g/mol. The minimum atomic E-state index is -0.166. The monoisotopic (exact) mass is 366 g/mol. The largest absolute Gasteiger partial charge is 0.390 e. The lowest BCUT2D eigenvalue weighted by molar-refractivity contribution is 0.276. The van der Waals surface area contributed by atoms with Crippen molar-refractivity contribution >= 4 is 5.82 Å². The first-order valence-corrected chi connectivity index (χ1v) is 9.28. The molecule has 142 valence electrons. The van der Waals surface area contributed by atoms with Gasteiger partial charge < -0.3 is 15.0 Å². The molecule has 7 nitrogen and oxygen atoms in total. The van der Waals surface area contributed by atoms with E-state index in [4.69, 9.17) is 0 Å². The van der Waals surface area contributed by atoms with Gasteiger partial charge in [-0.2, -0.15) is 0 Å². The number of aromatic nitrogens is 5. The minimum absolute atomic E-state index is 0.166. The van der Waals surface area contributed by atoms with E-state index in [1.54, 1.807) is 6.33 Å². The molecule has 3 rings (SSSR count). The third-order valence-corrected chi connectivity index (χ3v) is 4.66. The van der Waals surface area contributed by atoms with Crippen LogP contribution in [0.4, 0.5) is 5.82 Å². The van der Waals surface area contributed by atoms with E-state index in [9.17, 15) is 5.11 Å². The zero-order chi connectivity index (χ0) is 19.4. The summed E-state index contributed by atoms with van der Waals surface area (Å²) in [6, 6.07) is 6.17. The number of nitrogens with zero attached hydrogens (tertiary/aromatic N) is 5. The molecule has 7 heteroatoms. The van der Waals surface area contributed by atoms with Crippen LogP contribution in [-0.4, -0.2) is 35.9 Å². The number of imidazole rings is 1. The quantitative estimate of drug-likeness (QED) is 0.666. The second kappa shape index (κ2) is 8.26. The summed E-state index contributed by atoms with van der Waals surface area (Å²) in [6.07, 6.45) is 5.69. The molecule has 3 aromatic rings. The number of hydrogen-bond acceptors (Lipinski definition) is 6. The SMILES string of the molecule is CCC(CC)Nc1nnc(-c2ccc(-n3cnc(C)c3)c(CO)n2)cc1C. The Morgan fingerprint density at radius 1 is 1.11 bits per heavy atom. The molecule has 27 heavy (non-hydrogen) atoms. The van der Waals surface area contributed by atoms with Crippen molar-refractivity contribution in [3.63, 3.8) is 0 Å². The number of anilines is 1. The minimum Gasteiger partial charge on any atom is -0.390 e. The van der Waals surface area contributed by atoms with Crippen LogP contribution < -0.4 is 5.32 Å². The summed E-state index contributed by atoms with van der Waals surface area (Å²) in [5, 5.41) is 21.9. The average Bonchev–Trinajstić information content (AvgIpc) is 3.12. The van der Waals surface area contributed by atoms with Crippen LogP contribution in [0.5, 0.6) is 0 Å². The lowest BCUT2D eigenvalue weighted by atomic mass is 10.1. The Labute approximate surface area is 159 Å². The lowest BCUT2D eigenvalue weighted by Crippen LogP contribution is -2.19. The van der Waals surface area contributed by atoms with Crippen LogP contribution in [0.15, 0.2) is 30.7 Å². The van der Waals surface area contributed by atoms with E-state index in [1.165, 1.54) is 0 Å². The van der Waals surface area contributed by atoms with Gasteiger partial charge in [0.15, 0.2) is 5.82 Å². The van der Waals surface area contributed by atoms with Crippen molar-refractivity contribution in [1.29, 1.82) is 0 Å². The molecule has 0 saturated carbocycles. The lowest BCUT2D eigenvalue weighted by Gasteiger charge is -2.17. The summed E-state index contributed by atoms with van der Waals surface area (Å²) in [7, 11) is 0. The first-order valence-electron chi connectivity index (χ1n) is 9.28. The molecule has 0 spiro atoms. The molecule has 0 radical (unpaired) electrons. The first-order chi connectivity index (χ1) is 13.0. The average molecular weight is 366 g/mol. The van der Waals surface area contributed by atoms with Crippen LogP contribution >= 0.6 is 0 Å². The van der Waals surface area contributed by atoms with Crippen molar-refractivity contribution in [2.75, 3.05) is 5.32 Å². The van der Waals surface area contributed by atoms with Crippen molar-refractivity contribution in [2.45, 2.75) is 53.2 Å². The highest BCUT2D eigenvalue weighted by Crippen LogP contribution is 2.23. The second-order valence-corrected chi connectivity index (χ2v) is 6.66. The maximum absolute atomic E-state index is 9.77. The topological polar surface area (TPSA) is 88.8 Å². The third kappa shape index (κ3) is 4.14. The Kier molecular flexibility index (Phi) is 5.81. The Morgan fingerprint density at radius 2 is 1.89 bits per heavy atom. The Morgan fingerprint density at radius 3 is 2.48 bits per heavy atom. The van der Waals surface area contributed by atoms with E-state index in [2.05, 4.69) is 39.3 Å². The fraction of sp³-hybridized carbons (Fsp3) is 0.400. The van der Waals surface area contributed by atoms with Gasteiger partial charge in [0, 0.05) is 12.2 Å². The predicted molar refractivity (Wildman–Crippen MR) is 106 cm³/mol. The number of hydrogen-bond donors (Lipinski definition) is 2. The normalized spacial score (nSPS) is 11.2. The number of pyridine rings is 1. The number of aliphatic hydroxyl groups is 1. The van der Waals surface area contributed by atoms with Gasteiger partial charge in [-0.25, -0.2) is 9.97 Å². The summed E-state index contributed by atoms with van der Waals surface area (Å²) < 4.78 is 1.86. The van der Waals surface area contributed by atoms with Gasteiger partial charge in [0.05, 0.1) is 35.7 Å². The summed E-state index contributed by atoms with van der Waals surface area (Å²) in [6.45, 7) is 8.08. The van der Waals surface area contributed by atoms with Crippen LogP contribution in [0.1, 0.15) is 43.6 Å². The van der Waals surface area contributed by atoms with Crippen LogP contribution in [0.25, 0.3) is 17.1 Å². The van der Waals surface area contributed by atoms with E-state index >= 15 is 0 Å². The molecular formula is C20H26N6O. The van der Waals surface area contributed by atoms with Gasteiger partial charge in [-0.3, -0.25) is 0 Å². The van der Waals surface area contributed by atoms with Gasteiger partial charge in [-0.15, -0.1) is 10.2 Å². The van der Waals surface area contributed by atoms with Gasteiger partial charge in [0.1, 0.15) is 5.69 Å². The Bertz CT molecular complexity index is 917. The molecule has 0 saturated heterocycles. The maximum atomic E-state index is 9.77. The van der Waals surface area contributed by atoms with Gasteiger partial charge >= 0.3 is 0 Å². The zero-order valence-electron chi connectivity index (χ0n) is 16.3. The highest BCUT2D eigenvalue weighted by atomic mass is 16.3. The molecule has 0 amide bonds. The molecule has 0 fully saturated rings. The fourth-order valence-electron chi connectivity index (χ4n) is 2.98. The highest BCUT2D eigenvalue weighted by molar-refractivity contribution is 5.60. The fourth-order valence-corrected chi connectivity index (χ4v) is 2.98. The predicted octanol–water partition coefficient (Wildman–Crippen LogP) is 3.43. The van der Waals surface area contributed by atoms with Crippen molar-refractivity contribution < 1.29 is 5.11 Å². The Hall–Kier alpha value is -2.80. The van der Waals surface area contributed by atoms with Crippen LogP contribution in [0, 0.1) is 13.8 Å². The van der Waals surface area contributed by atoms with Crippen molar-refractivity contribution in [3.8, 4) is 17.1 Å². The molecule has 0 unspecified atom stereocenters. The molecule has 3 heterocycles. The van der Waals surface area contributed by atoms with E-state index in [1.807, 2.05) is 42.8 Å². The molecule has 0 atom stereocenters. The standard InChI is InChI=1S/C20H26N6O/c1-5-15(6-2)22-20-13(3)9-17(24-25-20)16-7-8-19(18(11-27)23-16)26-10-14(4)21-12-26/h7-10,12,15,27H,5-6,11H2,1-4H3,(H,22,25). The first kappa shape index (κ1) is 19.0. The van der Waals surface area contributed by atoms with E-state index in [0.29, 0.717) is 23.1 Å². The van der Waals surface area contributed by atoms with Crippen LogP contribution in [0.2, 0.25) is 0 Å². The summed E-state index contributed by atoms with van der Waals surface area (Å²) in [4.78, 5) is 8.82. The van der Waals surface area contributed by atoms with Gasteiger partial charge in [0.2, 0.25) is 0 Å². The molecule has 0 bridgehead atoms. The molecule has 3 aromatic heterocycles. The third-order valence-electron chi connectivity index (χ3n) is 4.66. The maximum Gasteiger partial charge on any atom is 0.151 e. The van der Waals surface area contributed by atoms with E-state index < -0.39 is 0 Å². The van der Waals surface area contributed by atoms with Crippen molar-refractivity contribution in [3.05, 3.63) is 47.7 Å². The molecule has 0 aliphatic rings. The molecule has 0 aliphatic carbocycles. The Balaban J connectivity index is 1.91. The van der Waals surface area contributed by atoms with Gasteiger partial charge in [-0.05, 0) is 50.5 Å². The summed E-state index contributed by atoms with van der Waals surface area (Å²) in [5.74, 6) is 0.806. The van der Waals surface area contributed by atoms with Gasteiger partial charge in [0.25, 0.3) is 0 Å². The summed E-state index contributed by atoms with van der Waals surface area (Å²) in [5.41, 5.74) is 4.68. The zero-order valence-corrected chi connectivity index (χ0v) is 16.3. The number of nitrogens with one attached hydrogen (secondary N) is 1. The smallest absolute Gasteiger partial charge is 0.151 e.